The van der Waals surface area contributed by atoms with Gasteiger partial charge in [-0.3, -0.25) is 0 Å². The maximum absolute atomic E-state index is 12.9. The molecular formula is C25H27O2S+. The van der Waals surface area contributed by atoms with Gasteiger partial charge in [-0.25, -0.2) is 4.79 Å². The highest BCUT2D eigenvalue weighted by Gasteiger charge is 2.33. The van der Waals surface area contributed by atoms with Gasteiger partial charge in [0, 0.05) is 40.8 Å². The van der Waals surface area contributed by atoms with Crippen molar-refractivity contribution in [1.29, 1.82) is 0 Å². The fourth-order valence-corrected chi connectivity index (χ4v) is 6.32. The van der Waals surface area contributed by atoms with Crippen LogP contribution >= 0.6 is 10.5 Å². The third kappa shape index (κ3) is 3.64. The number of esters is 1. The van der Waals surface area contributed by atoms with Gasteiger partial charge in [0.05, 0.1) is 5.56 Å². The van der Waals surface area contributed by atoms with Crippen LogP contribution in [0.15, 0.2) is 66.7 Å². The van der Waals surface area contributed by atoms with Gasteiger partial charge < -0.3 is 4.74 Å². The molecule has 3 aromatic rings. The lowest BCUT2D eigenvalue weighted by molar-refractivity contribution is -0.0225. The molecule has 2 unspecified atom stereocenters. The van der Waals surface area contributed by atoms with Crippen molar-refractivity contribution in [2.45, 2.75) is 45.6 Å². The standard InChI is InChI=1S/C25H27O2S/c1-18-16-19-10-7-8-15-23(19)28(18)22-14-9-11-20(17-22)24(26)27-25(2,3)21-12-5-4-6-13-21/h5,7-12,14-17,21H,4,6,13H2,1-3H3/q+1. The maximum atomic E-state index is 12.9. The lowest BCUT2D eigenvalue weighted by Gasteiger charge is -2.33. The monoisotopic (exact) mass is 391 g/mol. The number of hydrogen-bond donors (Lipinski definition) is 0. The Bertz CT molecular complexity index is 1040. The molecule has 1 aliphatic carbocycles. The molecular weight excluding hydrogens is 364 g/mol. The minimum absolute atomic E-state index is 0.122. The van der Waals surface area contributed by atoms with Crippen LogP contribution in [0.2, 0.25) is 0 Å². The van der Waals surface area contributed by atoms with Crippen LogP contribution in [0.25, 0.3) is 15.0 Å². The average Bonchev–Trinajstić information content (AvgIpc) is 3.04. The first-order valence-electron chi connectivity index (χ1n) is 9.97. The van der Waals surface area contributed by atoms with E-state index in [1.165, 1.54) is 19.9 Å². The third-order valence-corrected chi connectivity index (χ3v) is 7.93. The van der Waals surface area contributed by atoms with E-state index in [1.54, 1.807) is 0 Å². The quantitative estimate of drug-likeness (QED) is 0.267. The van der Waals surface area contributed by atoms with Crippen LogP contribution in [0.4, 0.5) is 0 Å². The molecule has 2 nitrogen and oxygen atoms in total. The number of hydrogen-bond acceptors (Lipinski definition) is 2. The number of aryl methyl sites for hydroxylation is 1. The van der Waals surface area contributed by atoms with Gasteiger partial charge in [0.25, 0.3) is 0 Å². The van der Waals surface area contributed by atoms with E-state index in [2.05, 4.69) is 55.5 Å². The van der Waals surface area contributed by atoms with E-state index in [0.717, 1.165) is 19.3 Å². The molecule has 0 saturated heterocycles. The number of ether oxygens (including phenoxy) is 1. The molecule has 4 rings (SSSR count). The van der Waals surface area contributed by atoms with Gasteiger partial charge in [-0.1, -0.05) is 30.4 Å². The van der Waals surface area contributed by atoms with E-state index < -0.39 is 5.60 Å². The SMILES string of the molecule is Cc1cc2ccccc2[s+]1-c1cccc(C(=O)OC(C)(C)C2C=CCCC2)c1. The van der Waals surface area contributed by atoms with Crippen molar-refractivity contribution in [3.05, 3.63) is 77.2 Å². The predicted molar refractivity (Wildman–Crippen MR) is 118 cm³/mol. The van der Waals surface area contributed by atoms with Crippen molar-refractivity contribution in [2.75, 3.05) is 0 Å². The van der Waals surface area contributed by atoms with Crippen LogP contribution in [0.1, 0.15) is 48.3 Å². The summed E-state index contributed by atoms with van der Waals surface area (Å²) in [5.41, 5.74) is 0.136. The van der Waals surface area contributed by atoms with Crippen LogP contribution in [0.5, 0.6) is 0 Å². The minimum Gasteiger partial charge on any atom is -0.455 e. The largest absolute Gasteiger partial charge is 0.455 e. The Morgan fingerprint density at radius 3 is 2.71 bits per heavy atom. The number of rotatable bonds is 4. The van der Waals surface area contributed by atoms with E-state index in [9.17, 15) is 4.79 Å². The lowest BCUT2D eigenvalue weighted by Crippen LogP contribution is -2.36. The molecule has 1 aliphatic rings. The first-order valence-corrected chi connectivity index (χ1v) is 11.2. The van der Waals surface area contributed by atoms with E-state index >= 15 is 0 Å². The summed E-state index contributed by atoms with van der Waals surface area (Å²) in [4.78, 5) is 15.4. The first-order chi connectivity index (χ1) is 13.5. The Kier molecular flexibility index (Phi) is 5.11. The number of allylic oxidation sites excluding steroid dienone is 1. The maximum Gasteiger partial charge on any atom is 0.338 e. The van der Waals surface area contributed by atoms with E-state index in [4.69, 9.17) is 4.74 Å². The lowest BCUT2D eigenvalue weighted by atomic mass is 9.83. The fraction of sp³-hybridized carbons (Fsp3) is 0.320. The zero-order valence-corrected chi connectivity index (χ0v) is 17.6. The molecule has 0 aliphatic heterocycles. The number of thiophene rings is 1. The molecule has 0 radical (unpaired) electrons. The van der Waals surface area contributed by atoms with Gasteiger partial charge in [-0.05, 0) is 57.4 Å². The number of carbonyl (C=O) groups excluding carboxylic acids is 1. The summed E-state index contributed by atoms with van der Waals surface area (Å²) in [6, 6.07) is 18.7. The molecule has 28 heavy (non-hydrogen) atoms. The summed E-state index contributed by atoms with van der Waals surface area (Å²) in [6.45, 7) is 6.22. The molecule has 1 heterocycles. The van der Waals surface area contributed by atoms with Crippen LogP contribution < -0.4 is 0 Å². The smallest absolute Gasteiger partial charge is 0.338 e. The zero-order chi connectivity index (χ0) is 19.7. The molecule has 0 amide bonds. The van der Waals surface area contributed by atoms with Crippen molar-refractivity contribution in [2.24, 2.45) is 5.92 Å². The van der Waals surface area contributed by atoms with Gasteiger partial charge in [-0.2, -0.15) is 0 Å². The summed E-state index contributed by atoms with van der Waals surface area (Å²) in [6.07, 6.45) is 7.77. The molecule has 144 valence electrons. The van der Waals surface area contributed by atoms with Gasteiger partial charge >= 0.3 is 5.97 Å². The van der Waals surface area contributed by atoms with Crippen LogP contribution in [-0.2, 0) is 4.74 Å². The van der Waals surface area contributed by atoms with E-state index in [1.807, 2.05) is 32.0 Å². The van der Waals surface area contributed by atoms with E-state index in [0.29, 0.717) is 5.56 Å². The molecule has 1 aromatic heterocycles. The summed E-state index contributed by atoms with van der Waals surface area (Å²) in [5, 5.41) is 1.28. The Labute approximate surface area is 169 Å². The van der Waals surface area contributed by atoms with Crippen molar-refractivity contribution < 1.29 is 9.53 Å². The van der Waals surface area contributed by atoms with E-state index in [-0.39, 0.29) is 22.4 Å². The molecule has 0 bridgehead atoms. The highest BCUT2D eigenvalue weighted by molar-refractivity contribution is 7.45. The highest BCUT2D eigenvalue weighted by Crippen LogP contribution is 2.43. The van der Waals surface area contributed by atoms with Crippen molar-refractivity contribution in [3.63, 3.8) is 0 Å². The number of benzene rings is 2. The molecule has 0 spiro atoms. The van der Waals surface area contributed by atoms with Gasteiger partial charge in [0.2, 0.25) is 0 Å². The fourth-order valence-electron chi connectivity index (χ4n) is 4.07. The second-order valence-electron chi connectivity index (χ2n) is 8.09. The zero-order valence-electron chi connectivity index (χ0n) is 16.8. The van der Waals surface area contributed by atoms with Gasteiger partial charge in [-0.15, -0.1) is 0 Å². The molecule has 0 N–H and O–H groups in total. The number of fused-ring (bicyclic) bond motifs is 1. The van der Waals surface area contributed by atoms with Gasteiger partial charge in [0.1, 0.15) is 5.60 Å². The molecule has 0 fully saturated rings. The molecule has 0 saturated carbocycles. The normalized spacial score (nSPS) is 17.7. The first kappa shape index (κ1) is 18.9. The van der Waals surface area contributed by atoms with Gasteiger partial charge in [0.15, 0.2) is 14.5 Å². The van der Waals surface area contributed by atoms with Crippen molar-refractivity contribution >= 4 is 26.5 Å². The van der Waals surface area contributed by atoms with Crippen LogP contribution in [0, 0.1) is 12.8 Å². The molecule has 2 aromatic carbocycles. The topological polar surface area (TPSA) is 26.3 Å². The minimum atomic E-state index is -0.498. The Morgan fingerprint density at radius 1 is 1.11 bits per heavy atom. The van der Waals surface area contributed by atoms with Crippen LogP contribution in [0.3, 0.4) is 0 Å². The predicted octanol–water partition coefficient (Wildman–Crippen LogP) is 7.18. The Balaban J connectivity index is 1.63. The summed E-state index contributed by atoms with van der Waals surface area (Å²) >= 11 is 0. The molecule has 3 heteroatoms. The Morgan fingerprint density at radius 2 is 1.93 bits per heavy atom. The highest BCUT2D eigenvalue weighted by atomic mass is 32.2. The summed E-state index contributed by atoms with van der Waals surface area (Å²) in [5.74, 6) is 0.0469. The van der Waals surface area contributed by atoms with Crippen LogP contribution in [-0.4, -0.2) is 11.6 Å². The average molecular weight is 392 g/mol. The second-order valence-corrected chi connectivity index (χ2v) is 10.3. The summed E-state index contributed by atoms with van der Waals surface area (Å²) < 4.78 is 7.31. The van der Waals surface area contributed by atoms with Crippen molar-refractivity contribution in [1.82, 2.24) is 0 Å². The molecule has 2 atom stereocenters. The third-order valence-electron chi connectivity index (χ3n) is 5.63. The summed E-state index contributed by atoms with van der Waals surface area (Å²) in [7, 11) is -0.122. The van der Waals surface area contributed by atoms with Crippen molar-refractivity contribution in [3.8, 4) is 4.90 Å². The Hall–Kier alpha value is -2.39. The number of carbonyl (C=O) groups is 1. The second kappa shape index (κ2) is 7.56.